The lowest BCUT2D eigenvalue weighted by Crippen LogP contribution is -2.43. The molecule has 0 radical (unpaired) electrons. The molecule has 1 amide bonds. The highest BCUT2D eigenvalue weighted by Gasteiger charge is 2.37. The first kappa shape index (κ1) is 20.1. The Balaban J connectivity index is 1.50. The molecule has 2 aromatic carbocycles. The number of halogens is 1. The molecule has 0 atom stereocenters. The van der Waals surface area contributed by atoms with Crippen LogP contribution in [0.1, 0.15) is 58.6 Å². The minimum Gasteiger partial charge on any atom is -0.489 e. The van der Waals surface area contributed by atoms with Crippen molar-refractivity contribution in [2.45, 2.75) is 51.7 Å². The molecule has 30 heavy (non-hydrogen) atoms. The Hall–Kier alpha value is -3.15. The predicted molar refractivity (Wildman–Crippen MR) is 111 cm³/mol. The van der Waals surface area contributed by atoms with Crippen LogP contribution in [0.5, 0.6) is 5.75 Å². The van der Waals surface area contributed by atoms with E-state index in [0.29, 0.717) is 17.9 Å². The molecule has 1 fully saturated rings. The molecule has 6 heteroatoms. The summed E-state index contributed by atoms with van der Waals surface area (Å²) < 4.78 is 24.4. The molecule has 0 spiro atoms. The lowest BCUT2D eigenvalue weighted by molar-refractivity contribution is 0.0897. The van der Waals surface area contributed by atoms with E-state index in [9.17, 15) is 9.18 Å². The number of carbonyl (C=O) groups is 1. The quantitative estimate of drug-likeness (QED) is 0.608. The zero-order valence-corrected chi connectivity index (χ0v) is 17.2. The van der Waals surface area contributed by atoms with Gasteiger partial charge in [0.05, 0.1) is 16.8 Å². The fraction of sp³-hybridized carbons (Fsp3) is 0.333. The Kier molecular flexibility index (Phi) is 5.57. The second-order valence-corrected chi connectivity index (χ2v) is 7.87. The molecule has 156 valence electrons. The summed E-state index contributed by atoms with van der Waals surface area (Å²) >= 11 is 0. The molecule has 5 nitrogen and oxygen atoms in total. The summed E-state index contributed by atoms with van der Waals surface area (Å²) in [7, 11) is 0. The van der Waals surface area contributed by atoms with E-state index in [0.717, 1.165) is 48.3 Å². The van der Waals surface area contributed by atoms with Crippen LogP contribution in [-0.2, 0) is 12.1 Å². The van der Waals surface area contributed by atoms with Gasteiger partial charge in [0.15, 0.2) is 0 Å². The van der Waals surface area contributed by atoms with Gasteiger partial charge in [-0.3, -0.25) is 4.79 Å². The molecule has 0 saturated heterocycles. The van der Waals surface area contributed by atoms with Crippen molar-refractivity contribution in [3.63, 3.8) is 0 Å². The third-order valence-electron chi connectivity index (χ3n) is 5.87. The summed E-state index contributed by atoms with van der Waals surface area (Å²) in [5.74, 6) is 0.888. The number of aromatic nitrogens is 1. The van der Waals surface area contributed by atoms with E-state index >= 15 is 0 Å². The van der Waals surface area contributed by atoms with E-state index in [2.05, 4.69) is 10.5 Å². The SMILES string of the molecule is Cc1noc(C)c1COc1cccc(C(=O)NC2(c3ccc(F)cc3)CCCC2)c1. The van der Waals surface area contributed by atoms with Crippen LogP contribution in [0.3, 0.4) is 0 Å². The molecule has 1 aliphatic rings. The molecule has 1 N–H and O–H groups in total. The second kappa shape index (κ2) is 8.30. The van der Waals surface area contributed by atoms with Crippen LogP contribution in [0.25, 0.3) is 0 Å². The van der Waals surface area contributed by atoms with Crippen molar-refractivity contribution in [1.29, 1.82) is 0 Å². The Labute approximate surface area is 175 Å². The molecule has 0 unspecified atom stereocenters. The maximum Gasteiger partial charge on any atom is 0.252 e. The minimum atomic E-state index is -0.460. The van der Waals surface area contributed by atoms with Crippen molar-refractivity contribution in [3.8, 4) is 5.75 Å². The van der Waals surface area contributed by atoms with E-state index in [1.807, 2.05) is 19.9 Å². The van der Waals surface area contributed by atoms with Crippen LogP contribution in [-0.4, -0.2) is 11.1 Å². The fourth-order valence-corrected chi connectivity index (χ4v) is 4.11. The van der Waals surface area contributed by atoms with Crippen LogP contribution in [0.4, 0.5) is 4.39 Å². The monoisotopic (exact) mass is 408 g/mol. The van der Waals surface area contributed by atoms with Crippen molar-refractivity contribution in [2.75, 3.05) is 0 Å². The smallest absolute Gasteiger partial charge is 0.252 e. The van der Waals surface area contributed by atoms with Crippen molar-refractivity contribution in [2.24, 2.45) is 0 Å². The van der Waals surface area contributed by atoms with E-state index in [1.165, 1.54) is 12.1 Å². The molecule has 1 heterocycles. The van der Waals surface area contributed by atoms with E-state index in [1.54, 1.807) is 30.3 Å². The van der Waals surface area contributed by atoms with Gasteiger partial charge in [-0.05, 0) is 62.6 Å². The Bertz CT molecular complexity index is 1020. The first-order chi connectivity index (χ1) is 14.5. The van der Waals surface area contributed by atoms with Gasteiger partial charge in [-0.15, -0.1) is 0 Å². The van der Waals surface area contributed by atoms with Crippen LogP contribution in [0, 0.1) is 19.7 Å². The van der Waals surface area contributed by atoms with Crippen molar-refractivity contribution in [1.82, 2.24) is 10.5 Å². The first-order valence-electron chi connectivity index (χ1n) is 10.2. The van der Waals surface area contributed by atoms with E-state index in [-0.39, 0.29) is 11.7 Å². The number of amides is 1. The normalized spacial score (nSPS) is 15.2. The van der Waals surface area contributed by atoms with Gasteiger partial charge in [-0.25, -0.2) is 4.39 Å². The van der Waals surface area contributed by atoms with Crippen molar-refractivity contribution in [3.05, 3.63) is 82.5 Å². The van der Waals surface area contributed by atoms with Gasteiger partial charge in [0, 0.05) is 5.56 Å². The summed E-state index contributed by atoms with van der Waals surface area (Å²) in [4.78, 5) is 13.1. The van der Waals surface area contributed by atoms with Gasteiger partial charge in [-0.2, -0.15) is 0 Å². The number of benzene rings is 2. The Morgan fingerprint density at radius 1 is 1.17 bits per heavy atom. The number of nitrogens with zero attached hydrogens (tertiary/aromatic N) is 1. The van der Waals surface area contributed by atoms with Crippen molar-refractivity contribution < 1.29 is 18.4 Å². The van der Waals surface area contributed by atoms with Gasteiger partial charge in [0.25, 0.3) is 5.91 Å². The zero-order valence-electron chi connectivity index (χ0n) is 17.2. The number of hydrogen-bond acceptors (Lipinski definition) is 4. The molecule has 0 aliphatic heterocycles. The topological polar surface area (TPSA) is 64.4 Å². The van der Waals surface area contributed by atoms with E-state index in [4.69, 9.17) is 9.26 Å². The molecular weight excluding hydrogens is 383 g/mol. The zero-order chi connectivity index (χ0) is 21.1. The Morgan fingerprint density at radius 2 is 1.90 bits per heavy atom. The summed E-state index contributed by atoms with van der Waals surface area (Å²) in [5, 5.41) is 7.15. The second-order valence-electron chi connectivity index (χ2n) is 7.87. The highest BCUT2D eigenvalue weighted by Crippen LogP contribution is 2.39. The number of aryl methyl sites for hydroxylation is 2. The van der Waals surface area contributed by atoms with Gasteiger partial charge in [0.2, 0.25) is 0 Å². The largest absolute Gasteiger partial charge is 0.489 e. The average Bonchev–Trinajstić information content (AvgIpc) is 3.34. The van der Waals surface area contributed by atoms with Crippen LogP contribution < -0.4 is 10.1 Å². The molecule has 1 aliphatic carbocycles. The average molecular weight is 408 g/mol. The maximum absolute atomic E-state index is 13.4. The highest BCUT2D eigenvalue weighted by molar-refractivity contribution is 5.95. The summed E-state index contributed by atoms with van der Waals surface area (Å²) in [6.07, 6.45) is 3.73. The molecule has 1 aromatic heterocycles. The number of carbonyl (C=O) groups excluding carboxylic acids is 1. The van der Waals surface area contributed by atoms with Gasteiger partial charge in [-0.1, -0.05) is 36.2 Å². The molecule has 0 bridgehead atoms. The minimum absolute atomic E-state index is 0.163. The number of rotatable bonds is 6. The number of hydrogen-bond donors (Lipinski definition) is 1. The van der Waals surface area contributed by atoms with Gasteiger partial charge in [0.1, 0.15) is 23.9 Å². The van der Waals surface area contributed by atoms with E-state index < -0.39 is 5.54 Å². The molecule has 3 aromatic rings. The third kappa shape index (κ3) is 4.08. The van der Waals surface area contributed by atoms with Gasteiger partial charge >= 0.3 is 0 Å². The van der Waals surface area contributed by atoms with Crippen LogP contribution in [0.15, 0.2) is 53.1 Å². The van der Waals surface area contributed by atoms with Crippen LogP contribution in [0.2, 0.25) is 0 Å². The first-order valence-corrected chi connectivity index (χ1v) is 10.2. The third-order valence-corrected chi connectivity index (χ3v) is 5.87. The Morgan fingerprint density at radius 3 is 2.57 bits per heavy atom. The summed E-state index contributed by atoms with van der Waals surface area (Å²) in [5.41, 5.74) is 2.72. The van der Waals surface area contributed by atoms with Gasteiger partial charge < -0.3 is 14.6 Å². The molecule has 4 rings (SSSR count). The molecule has 1 saturated carbocycles. The lowest BCUT2D eigenvalue weighted by Gasteiger charge is -2.31. The number of nitrogens with one attached hydrogen (secondary N) is 1. The predicted octanol–water partition coefficient (Wildman–Crippen LogP) is 5.21. The summed E-state index contributed by atoms with van der Waals surface area (Å²) in [6, 6.07) is 13.6. The standard InChI is InChI=1S/C24H25FN2O3/c1-16-22(17(2)30-27-16)15-29-21-7-5-6-18(14-21)23(28)26-24(12-3-4-13-24)19-8-10-20(25)11-9-19/h5-11,14H,3-4,12-13,15H2,1-2H3,(H,26,28). The maximum atomic E-state index is 13.4. The van der Waals surface area contributed by atoms with Crippen LogP contribution >= 0.6 is 0 Å². The highest BCUT2D eigenvalue weighted by atomic mass is 19.1. The van der Waals surface area contributed by atoms with Crippen molar-refractivity contribution >= 4 is 5.91 Å². The lowest BCUT2D eigenvalue weighted by atomic mass is 9.87. The number of ether oxygens (including phenoxy) is 1. The fourth-order valence-electron chi connectivity index (χ4n) is 4.11. The summed E-state index contributed by atoms with van der Waals surface area (Å²) in [6.45, 7) is 4.04. The molecular formula is C24H25FN2O3.